The molecule has 1 amide bonds. The van der Waals surface area contributed by atoms with Gasteiger partial charge in [0.25, 0.3) is 15.9 Å². The summed E-state index contributed by atoms with van der Waals surface area (Å²) in [6.45, 7) is 5.98. The fraction of sp³-hybridized carbons (Fsp3) is 0.167. The topological polar surface area (TPSA) is 96.9 Å². The summed E-state index contributed by atoms with van der Waals surface area (Å²) in [5.74, 6) is 0.105. The van der Waals surface area contributed by atoms with E-state index in [-0.39, 0.29) is 10.5 Å². The van der Waals surface area contributed by atoms with Crippen molar-refractivity contribution in [2.45, 2.75) is 25.7 Å². The van der Waals surface area contributed by atoms with Crippen LogP contribution in [-0.2, 0) is 10.0 Å². The third kappa shape index (κ3) is 5.53. The molecule has 0 saturated heterocycles. The molecule has 3 aromatic rings. The highest BCUT2D eigenvalue weighted by atomic mass is 32.2. The van der Waals surface area contributed by atoms with Gasteiger partial charge in [0, 0.05) is 16.8 Å². The Hall–Kier alpha value is -3.65. The first-order chi connectivity index (χ1) is 15.2. The maximum atomic E-state index is 12.7. The number of nitrogens with one attached hydrogen (secondary N) is 2. The van der Waals surface area contributed by atoms with Gasteiger partial charge < -0.3 is 4.74 Å². The van der Waals surface area contributed by atoms with Crippen LogP contribution in [-0.4, -0.2) is 27.6 Å². The number of nitrogens with zero attached hydrogens (tertiary/aromatic N) is 1. The molecule has 0 unspecified atom stereocenters. The lowest BCUT2D eigenvalue weighted by molar-refractivity contribution is 0.0955. The molecule has 32 heavy (non-hydrogen) atoms. The number of sulfonamides is 1. The van der Waals surface area contributed by atoms with Crippen molar-refractivity contribution < 1.29 is 17.9 Å². The van der Waals surface area contributed by atoms with Crippen molar-refractivity contribution in [2.75, 3.05) is 11.8 Å². The number of methoxy groups -OCH3 is 1. The van der Waals surface area contributed by atoms with E-state index in [1.54, 1.807) is 30.5 Å². The number of anilines is 1. The first kappa shape index (κ1) is 23.0. The number of hydrazone groups is 1. The Bertz CT molecular complexity index is 1240. The summed E-state index contributed by atoms with van der Waals surface area (Å²) in [5, 5.41) is 4.04. The highest BCUT2D eigenvalue weighted by Crippen LogP contribution is 2.20. The molecule has 0 aliphatic carbocycles. The highest BCUT2D eigenvalue weighted by molar-refractivity contribution is 7.92. The zero-order valence-corrected chi connectivity index (χ0v) is 19.2. The molecule has 0 spiro atoms. The van der Waals surface area contributed by atoms with Gasteiger partial charge in [0.1, 0.15) is 5.75 Å². The molecule has 0 bridgehead atoms. The molecule has 0 heterocycles. The zero-order chi connectivity index (χ0) is 23.3. The third-order valence-electron chi connectivity index (χ3n) is 4.85. The minimum atomic E-state index is -3.88. The zero-order valence-electron chi connectivity index (χ0n) is 18.3. The van der Waals surface area contributed by atoms with Gasteiger partial charge in [0.05, 0.1) is 18.2 Å². The molecular weight excluding hydrogens is 426 g/mol. The Kier molecular flexibility index (Phi) is 6.95. The molecule has 0 saturated carbocycles. The van der Waals surface area contributed by atoms with E-state index in [4.69, 9.17) is 4.74 Å². The molecule has 0 aliphatic heterocycles. The predicted octanol–water partition coefficient (Wildman–Crippen LogP) is 4.19. The van der Waals surface area contributed by atoms with Crippen LogP contribution in [0.15, 0.2) is 70.7 Å². The summed E-state index contributed by atoms with van der Waals surface area (Å²) in [5.41, 5.74) is 7.21. The van der Waals surface area contributed by atoms with Crippen LogP contribution in [0, 0.1) is 20.8 Å². The number of rotatable bonds is 7. The number of ether oxygens (including phenoxy) is 1. The van der Waals surface area contributed by atoms with Gasteiger partial charge in [-0.15, -0.1) is 0 Å². The molecule has 0 fully saturated rings. The van der Waals surface area contributed by atoms with Crippen LogP contribution < -0.4 is 14.9 Å². The number of carbonyl (C=O) groups excluding carboxylic acids is 1. The van der Waals surface area contributed by atoms with Gasteiger partial charge in [-0.1, -0.05) is 23.8 Å². The Labute approximate surface area is 188 Å². The number of hydrogen-bond donors (Lipinski definition) is 2. The Morgan fingerprint density at radius 1 is 0.969 bits per heavy atom. The second-order valence-corrected chi connectivity index (χ2v) is 9.06. The molecule has 0 aliphatic rings. The lowest BCUT2D eigenvalue weighted by Crippen LogP contribution is -2.19. The van der Waals surface area contributed by atoms with Crippen molar-refractivity contribution in [2.24, 2.45) is 5.10 Å². The Balaban J connectivity index is 1.74. The molecule has 7 nitrogen and oxygen atoms in total. The molecule has 2 N–H and O–H groups in total. The second kappa shape index (κ2) is 9.65. The first-order valence-electron chi connectivity index (χ1n) is 9.88. The van der Waals surface area contributed by atoms with Crippen molar-refractivity contribution in [1.82, 2.24) is 5.43 Å². The smallest absolute Gasteiger partial charge is 0.271 e. The van der Waals surface area contributed by atoms with Gasteiger partial charge in [-0.3, -0.25) is 9.52 Å². The summed E-state index contributed by atoms with van der Waals surface area (Å²) in [6, 6.07) is 16.3. The van der Waals surface area contributed by atoms with Crippen molar-refractivity contribution in [3.63, 3.8) is 0 Å². The lowest BCUT2D eigenvalue weighted by atomic mass is 10.0. The van der Waals surface area contributed by atoms with Crippen LogP contribution >= 0.6 is 0 Å². The van der Waals surface area contributed by atoms with Gasteiger partial charge in [-0.05, 0) is 74.4 Å². The van der Waals surface area contributed by atoms with Crippen molar-refractivity contribution in [1.29, 1.82) is 0 Å². The summed E-state index contributed by atoms with van der Waals surface area (Å²) in [7, 11) is -2.35. The fourth-order valence-corrected chi connectivity index (χ4v) is 4.40. The Morgan fingerprint density at radius 2 is 1.62 bits per heavy atom. The number of benzene rings is 3. The number of aryl methyl sites for hydroxylation is 3. The maximum absolute atomic E-state index is 12.7. The maximum Gasteiger partial charge on any atom is 0.271 e. The van der Waals surface area contributed by atoms with Gasteiger partial charge in [-0.25, -0.2) is 13.8 Å². The summed E-state index contributed by atoms with van der Waals surface area (Å²) in [4.78, 5) is 12.5. The number of amides is 1. The molecule has 0 atom stereocenters. The van der Waals surface area contributed by atoms with E-state index in [1.165, 1.54) is 31.4 Å². The lowest BCUT2D eigenvalue weighted by Gasteiger charge is -2.10. The van der Waals surface area contributed by atoms with Gasteiger partial charge in [0.2, 0.25) is 0 Å². The van der Waals surface area contributed by atoms with Crippen LogP contribution in [0.2, 0.25) is 0 Å². The van der Waals surface area contributed by atoms with E-state index in [0.29, 0.717) is 11.4 Å². The van der Waals surface area contributed by atoms with Crippen molar-refractivity contribution >= 4 is 27.8 Å². The second-order valence-electron chi connectivity index (χ2n) is 7.37. The van der Waals surface area contributed by atoms with E-state index >= 15 is 0 Å². The quantitative estimate of drug-likeness (QED) is 0.416. The average Bonchev–Trinajstić information content (AvgIpc) is 2.75. The Morgan fingerprint density at radius 3 is 2.25 bits per heavy atom. The first-order valence-corrected chi connectivity index (χ1v) is 11.4. The van der Waals surface area contributed by atoms with Gasteiger partial charge in [0.15, 0.2) is 0 Å². The molecule has 0 radical (unpaired) electrons. The monoisotopic (exact) mass is 451 g/mol. The summed E-state index contributed by atoms with van der Waals surface area (Å²) in [6.07, 6.45) is 1.59. The van der Waals surface area contributed by atoms with E-state index in [1.807, 2.05) is 32.9 Å². The van der Waals surface area contributed by atoms with Crippen LogP contribution in [0.25, 0.3) is 0 Å². The van der Waals surface area contributed by atoms with Crippen molar-refractivity contribution in [3.8, 4) is 5.75 Å². The number of carbonyl (C=O) groups is 1. The molecule has 0 aromatic heterocycles. The van der Waals surface area contributed by atoms with Gasteiger partial charge in [-0.2, -0.15) is 5.10 Å². The standard InChI is InChI=1S/C24H25N3O4S/c1-16-12-17(2)23(18(3)13-16)15-25-26-24(28)19-6-5-7-22(14-19)32(29,30)27-20-8-10-21(31-4)11-9-20/h5-15,27H,1-4H3,(H,26,28)/b25-15+. The average molecular weight is 452 g/mol. The van der Waals surface area contributed by atoms with E-state index in [9.17, 15) is 13.2 Å². The van der Waals surface area contributed by atoms with Crippen LogP contribution in [0.4, 0.5) is 5.69 Å². The third-order valence-corrected chi connectivity index (χ3v) is 6.23. The van der Waals surface area contributed by atoms with Crippen LogP contribution in [0.1, 0.15) is 32.6 Å². The normalized spacial score (nSPS) is 11.4. The predicted molar refractivity (Wildman–Crippen MR) is 126 cm³/mol. The highest BCUT2D eigenvalue weighted by Gasteiger charge is 2.16. The summed E-state index contributed by atoms with van der Waals surface area (Å²) < 4.78 is 33.0. The minimum Gasteiger partial charge on any atom is -0.497 e. The fourth-order valence-electron chi connectivity index (χ4n) is 3.29. The van der Waals surface area contributed by atoms with Gasteiger partial charge >= 0.3 is 0 Å². The van der Waals surface area contributed by atoms with E-state index in [0.717, 1.165) is 22.3 Å². The molecule has 8 heteroatoms. The van der Waals surface area contributed by atoms with E-state index < -0.39 is 15.9 Å². The molecule has 166 valence electrons. The molecular formula is C24H25N3O4S. The van der Waals surface area contributed by atoms with E-state index in [2.05, 4.69) is 15.2 Å². The van der Waals surface area contributed by atoms with Crippen molar-refractivity contribution in [3.05, 3.63) is 88.5 Å². The molecule has 3 rings (SSSR count). The number of hydrogen-bond acceptors (Lipinski definition) is 5. The minimum absolute atomic E-state index is 0.0322. The summed E-state index contributed by atoms with van der Waals surface area (Å²) >= 11 is 0. The van der Waals surface area contributed by atoms with Crippen LogP contribution in [0.5, 0.6) is 5.75 Å². The molecule has 3 aromatic carbocycles. The SMILES string of the molecule is COc1ccc(NS(=O)(=O)c2cccc(C(=O)N/N=C/c3c(C)cc(C)cc3C)c2)cc1. The largest absolute Gasteiger partial charge is 0.497 e. The van der Waals surface area contributed by atoms with Crippen LogP contribution in [0.3, 0.4) is 0 Å².